The van der Waals surface area contributed by atoms with Crippen molar-refractivity contribution in [1.29, 1.82) is 0 Å². The first kappa shape index (κ1) is 17.5. The first-order chi connectivity index (χ1) is 10.1. The number of benzene rings is 1. The lowest BCUT2D eigenvalue weighted by molar-refractivity contribution is -0.136. The molecule has 0 saturated carbocycles. The summed E-state index contributed by atoms with van der Waals surface area (Å²) in [5.41, 5.74) is -0.0319. The molecule has 4 nitrogen and oxygen atoms in total. The van der Waals surface area contributed by atoms with Crippen LogP contribution in [0.15, 0.2) is 24.3 Å². The lowest BCUT2D eigenvalue weighted by Gasteiger charge is -2.27. The SMILES string of the molecule is CCCCC[C@@](C)(OC)C(=O)Nc1ccc(OCC)cc1. The van der Waals surface area contributed by atoms with Crippen LogP contribution in [-0.4, -0.2) is 25.2 Å². The number of methoxy groups -OCH3 is 1. The smallest absolute Gasteiger partial charge is 0.256 e. The van der Waals surface area contributed by atoms with Crippen LogP contribution >= 0.6 is 0 Å². The molecule has 0 heterocycles. The number of carbonyl (C=O) groups excluding carboxylic acids is 1. The van der Waals surface area contributed by atoms with Crippen molar-refractivity contribution in [1.82, 2.24) is 0 Å². The molecule has 21 heavy (non-hydrogen) atoms. The molecule has 1 aromatic carbocycles. The average Bonchev–Trinajstić information content (AvgIpc) is 2.49. The second-order valence-electron chi connectivity index (χ2n) is 5.30. The van der Waals surface area contributed by atoms with Crippen molar-refractivity contribution in [3.05, 3.63) is 24.3 Å². The Kier molecular flexibility index (Phi) is 7.23. The molecule has 1 aromatic rings. The van der Waals surface area contributed by atoms with E-state index < -0.39 is 5.60 Å². The van der Waals surface area contributed by atoms with Gasteiger partial charge in [-0.1, -0.05) is 26.2 Å². The molecule has 0 aromatic heterocycles. The number of carbonyl (C=O) groups is 1. The topological polar surface area (TPSA) is 47.6 Å². The lowest BCUT2D eigenvalue weighted by atomic mass is 9.97. The standard InChI is InChI=1S/C17H27NO3/c1-5-7-8-13-17(3,20-4)16(19)18-14-9-11-15(12-10-14)21-6-2/h9-12H,5-8,13H2,1-4H3,(H,18,19)/t17-/m1/s1. The third kappa shape index (κ3) is 5.38. The van der Waals surface area contributed by atoms with Gasteiger partial charge in [0, 0.05) is 12.8 Å². The number of hydrogen-bond acceptors (Lipinski definition) is 3. The second-order valence-corrected chi connectivity index (χ2v) is 5.30. The maximum Gasteiger partial charge on any atom is 0.256 e. The highest BCUT2D eigenvalue weighted by atomic mass is 16.5. The number of hydrogen-bond donors (Lipinski definition) is 1. The van der Waals surface area contributed by atoms with Crippen molar-refractivity contribution < 1.29 is 14.3 Å². The molecule has 0 aliphatic rings. The van der Waals surface area contributed by atoms with E-state index in [4.69, 9.17) is 9.47 Å². The molecule has 0 fully saturated rings. The Balaban J connectivity index is 2.64. The van der Waals surface area contributed by atoms with Crippen LogP contribution in [0.4, 0.5) is 5.69 Å². The Morgan fingerprint density at radius 3 is 2.38 bits per heavy atom. The van der Waals surface area contributed by atoms with E-state index in [1.165, 1.54) is 0 Å². The van der Waals surface area contributed by atoms with Crippen molar-refractivity contribution in [2.24, 2.45) is 0 Å². The predicted octanol–water partition coefficient (Wildman–Crippen LogP) is 4.01. The first-order valence-electron chi connectivity index (χ1n) is 7.65. The van der Waals surface area contributed by atoms with Gasteiger partial charge >= 0.3 is 0 Å². The van der Waals surface area contributed by atoms with Gasteiger partial charge in [0.05, 0.1) is 6.61 Å². The predicted molar refractivity (Wildman–Crippen MR) is 85.8 cm³/mol. The van der Waals surface area contributed by atoms with Crippen LogP contribution in [0.2, 0.25) is 0 Å². The Morgan fingerprint density at radius 1 is 1.19 bits per heavy atom. The summed E-state index contributed by atoms with van der Waals surface area (Å²) in [5, 5.41) is 2.91. The van der Waals surface area contributed by atoms with E-state index in [-0.39, 0.29) is 5.91 Å². The molecule has 0 unspecified atom stereocenters. The minimum absolute atomic E-state index is 0.106. The van der Waals surface area contributed by atoms with Crippen LogP contribution in [-0.2, 0) is 9.53 Å². The van der Waals surface area contributed by atoms with E-state index in [1.807, 2.05) is 38.1 Å². The first-order valence-corrected chi connectivity index (χ1v) is 7.65. The minimum atomic E-state index is -0.784. The highest BCUT2D eigenvalue weighted by Gasteiger charge is 2.32. The molecule has 1 N–H and O–H groups in total. The molecular weight excluding hydrogens is 266 g/mol. The Bertz CT molecular complexity index is 430. The van der Waals surface area contributed by atoms with Gasteiger partial charge in [-0.2, -0.15) is 0 Å². The summed E-state index contributed by atoms with van der Waals surface area (Å²) in [6.45, 7) is 6.55. The van der Waals surface area contributed by atoms with Crippen LogP contribution in [0.25, 0.3) is 0 Å². The zero-order valence-corrected chi connectivity index (χ0v) is 13.6. The highest BCUT2D eigenvalue weighted by Crippen LogP contribution is 2.22. The summed E-state index contributed by atoms with van der Waals surface area (Å²) in [5.74, 6) is 0.693. The zero-order valence-electron chi connectivity index (χ0n) is 13.6. The summed E-state index contributed by atoms with van der Waals surface area (Å²) >= 11 is 0. The number of nitrogens with one attached hydrogen (secondary N) is 1. The second kappa shape index (κ2) is 8.67. The molecule has 1 amide bonds. The lowest BCUT2D eigenvalue weighted by Crippen LogP contribution is -2.41. The van der Waals surface area contributed by atoms with Crippen molar-refractivity contribution in [2.75, 3.05) is 19.0 Å². The van der Waals surface area contributed by atoms with Crippen molar-refractivity contribution in [3.8, 4) is 5.75 Å². The van der Waals surface area contributed by atoms with Crippen LogP contribution in [0.5, 0.6) is 5.75 Å². The maximum atomic E-state index is 12.4. The fourth-order valence-electron chi connectivity index (χ4n) is 2.09. The summed E-state index contributed by atoms with van der Waals surface area (Å²) < 4.78 is 10.8. The van der Waals surface area contributed by atoms with Gasteiger partial charge in [0.2, 0.25) is 0 Å². The fourth-order valence-corrected chi connectivity index (χ4v) is 2.09. The van der Waals surface area contributed by atoms with Gasteiger partial charge in [0.15, 0.2) is 0 Å². The maximum absolute atomic E-state index is 12.4. The fraction of sp³-hybridized carbons (Fsp3) is 0.588. The highest BCUT2D eigenvalue weighted by molar-refractivity contribution is 5.97. The van der Waals surface area contributed by atoms with E-state index in [2.05, 4.69) is 12.2 Å². The molecule has 4 heteroatoms. The van der Waals surface area contributed by atoms with Gasteiger partial charge in [-0.15, -0.1) is 0 Å². The largest absolute Gasteiger partial charge is 0.494 e. The number of amides is 1. The third-order valence-electron chi connectivity index (χ3n) is 3.61. The van der Waals surface area contributed by atoms with Crippen LogP contribution in [0, 0.1) is 0 Å². The van der Waals surface area contributed by atoms with Gasteiger partial charge in [0.25, 0.3) is 5.91 Å². The molecule has 0 bridgehead atoms. The molecular formula is C17H27NO3. The molecule has 1 atom stereocenters. The molecule has 0 spiro atoms. The number of rotatable bonds is 9. The van der Waals surface area contributed by atoms with Crippen molar-refractivity contribution in [3.63, 3.8) is 0 Å². The average molecular weight is 293 g/mol. The van der Waals surface area contributed by atoms with Gasteiger partial charge in [-0.05, 0) is 44.5 Å². The molecule has 0 aliphatic heterocycles. The monoisotopic (exact) mass is 293 g/mol. The molecule has 0 radical (unpaired) electrons. The number of unbranched alkanes of at least 4 members (excludes halogenated alkanes) is 2. The molecule has 1 rings (SSSR count). The van der Waals surface area contributed by atoms with E-state index in [9.17, 15) is 4.79 Å². The number of ether oxygens (including phenoxy) is 2. The molecule has 118 valence electrons. The van der Waals surface area contributed by atoms with Crippen LogP contribution < -0.4 is 10.1 Å². The van der Waals surface area contributed by atoms with E-state index in [1.54, 1.807) is 7.11 Å². The Hall–Kier alpha value is -1.55. The van der Waals surface area contributed by atoms with Crippen LogP contribution in [0.3, 0.4) is 0 Å². The van der Waals surface area contributed by atoms with E-state index >= 15 is 0 Å². The Morgan fingerprint density at radius 2 is 1.86 bits per heavy atom. The summed E-state index contributed by atoms with van der Waals surface area (Å²) in [7, 11) is 1.59. The molecule has 0 saturated heterocycles. The van der Waals surface area contributed by atoms with Crippen molar-refractivity contribution >= 4 is 11.6 Å². The normalized spacial score (nSPS) is 13.5. The zero-order chi connectivity index (χ0) is 15.7. The minimum Gasteiger partial charge on any atom is -0.494 e. The van der Waals surface area contributed by atoms with Gasteiger partial charge in [0.1, 0.15) is 11.4 Å². The van der Waals surface area contributed by atoms with Gasteiger partial charge in [-0.3, -0.25) is 4.79 Å². The van der Waals surface area contributed by atoms with Gasteiger partial charge in [-0.25, -0.2) is 0 Å². The van der Waals surface area contributed by atoms with E-state index in [0.29, 0.717) is 6.61 Å². The molecule has 0 aliphatic carbocycles. The van der Waals surface area contributed by atoms with Crippen LogP contribution in [0.1, 0.15) is 46.5 Å². The van der Waals surface area contributed by atoms with E-state index in [0.717, 1.165) is 37.1 Å². The van der Waals surface area contributed by atoms with Gasteiger partial charge < -0.3 is 14.8 Å². The third-order valence-corrected chi connectivity index (χ3v) is 3.61. The number of anilines is 1. The summed E-state index contributed by atoms with van der Waals surface area (Å²) in [6, 6.07) is 7.37. The summed E-state index contributed by atoms with van der Waals surface area (Å²) in [4.78, 5) is 12.4. The van der Waals surface area contributed by atoms with Crippen molar-refractivity contribution in [2.45, 2.75) is 52.1 Å². The Labute approximate surface area is 127 Å². The quantitative estimate of drug-likeness (QED) is 0.700. The summed E-state index contributed by atoms with van der Waals surface area (Å²) in [6.07, 6.45) is 3.94.